The lowest BCUT2D eigenvalue weighted by Crippen LogP contribution is -2.23. The second-order valence-corrected chi connectivity index (χ2v) is 6.38. The number of esters is 1. The lowest BCUT2D eigenvalue weighted by atomic mass is 10.1. The minimum absolute atomic E-state index is 0.313. The van der Waals surface area contributed by atoms with E-state index in [1.165, 1.54) is 25.7 Å². The van der Waals surface area contributed by atoms with Crippen LogP contribution in [0.2, 0.25) is 0 Å². The normalized spacial score (nSPS) is 13.8. The molecule has 0 aliphatic carbocycles. The Bertz CT molecular complexity index is 268. The predicted octanol–water partition coefficient (Wildman–Crippen LogP) is 3.48. The van der Waals surface area contributed by atoms with Gasteiger partial charge in [0.1, 0.15) is 10.5 Å². The first-order chi connectivity index (χ1) is 8.99. The molecule has 2 unspecified atom stereocenters. The van der Waals surface area contributed by atoms with Crippen LogP contribution in [0.5, 0.6) is 0 Å². The number of ether oxygens (including phenoxy) is 1. The van der Waals surface area contributed by atoms with Gasteiger partial charge in [0.05, 0.1) is 6.61 Å². The first kappa shape index (κ1) is 18.3. The molecule has 0 radical (unpaired) electrons. The van der Waals surface area contributed by atoms with Gasteiger partial charge in [0.25, 0.3) is 0 Å². The van der Waals surface area contributed by atoms with Crippen LogP contribution in [0.4, 0.5) is 0 Å². The maximum absolute atomic E-state index is 11.6. The zero-order chi connectivity index (χ0) is 14.7. The topological polar surface area (TPSA) is 63.6 Å². The van der Waals surface area contributed by atoms with E-state index in [1.807, 2.05) is 0 Å². The third-order valence-corrected chi connectivity index (χ3v) is 4.04. The van der Waals surface area contributed by atoms with E-state index in [4.69, 9.17) is 9.84 Å². The van der Waals surface area contributed by atoms with Gasteiger partial charge >= 0.3 is 11.9 Å². The van der Waals surface area contributed by atoms with Crippen molar-refractivity contribution < 1.29 is 19.4 Å². The van der Waals surface area contributed by atoms with Crippen molar-refractivity contribution >= 4 is 23.7 Å². The molecule has 0 aromatic heterocycles. The fourth-order valence-electron chi connectivity index (χ4n) is 1.59. The van der Waals surface area contributed by atoms with E-state index >= 15 is 0 Å². The smallest absolute Gasteiger partial charge is 0.318 e. The molecule has 2 atom stereocenters. The molecule has 0 aliphatic rings. The van der Waals surface area contributed by atoms with Crippen LogP contribution >= 0.6 is 11.8 Å². The zero-order valence-corrected chi connectivity index (χ0v) is 13.0. The molecule has 0 saturated carbocycles. The Labute approximate surface area is 120 Å². The number of hydrogen-bond donors (Lipinski definition) is 1. The monoisotopic (exact) mass is 290 g/mol. The number of carboxylic acids is 1. The van der Waals surface area contributed by atoms with Crippen molar-refractivity contribution in [1.29, 1.82) is 0 Å². The molecule has 1 N–H and O–H groups in total. The molecule has 19 heavy (non-hydrogen) atoms. The predicted molar refractivity (Wildman–Crippen MR) is 78.5 cm³/mol. The highest BCUT2D eigenvalue weighted by molar-refractivity contribution is 8.01. The molecule has 0 bridgehead atoms. The maximum atomic E-state index is 11.6. The number of carbonyl (C=O) groups excluding carboxylic acids is 1. The Hall–Kier alpha value is -0.710. The average Bonchev–Trinajstić information content (AvgIpc) is 2.37. The molecule has 5 heteroatoms. The van der Waals surface area contributed by atoms with Gasteiger partial charge in [0.2, 0.25) is 0 Å². The number of carbonyl (C=O) groups is 2. The number of rotatable bonds is 11. The SMILES string of the molecule is CCCCCCCCOC(=O)C(C)SC(C)C(=O)O. The number of aliphatic carboxylic acids is 1. The van der Waals surface area contributed by atoms with Crippen LogP contribution in [0.3, 0.4) is 0 Å². The van der Waals surface area contributed by atoms with Gasteiger partial charge in [-0.2, -0.15) is 0 Å². The number of unbranched alkanes of at least 4 members (excludes halogenated alkanes) is 5. The van der Waals surface area contributed by atoms with Gasteiger partial charge < -0.3 is 9.84 Å². The molecule has 0 saturated heterocycles. The average molecular weight is 290 g/mol. The molecule has 0 fully saturated rings. The first-order valence-corrected chi connectivity index (χ1v) is 7.98. The molecule has 0 aromatic rings. The lowest BCUT2D eigenvalue weighted by Gasteiger charge is -2.13. The summed E-state index contributed by atoms with van der Waals surface area (Å²) in [6.07, 6.45) is 6.90. The Balaban J connectivity index is 3.60. The summed E-state index contributed by atoms with van der Waals surface area (Å²) < 4.78 is 5.14. The van der Waals surface area contributed by atoms with Crippen molar-refractivity contribution in [3.8, 4) is 0 Å². The summed E-state index contributed by atoms with van der Waals surface area (Å²) in [6.45, 7) is 5.88. The van der Waals surface area contributed by atoms with Gasteiger partial charge in [-0.1, -0.05) is 39.0 Å². The largest absolute Gasteiger partial charge is 0.480 e. The van der Waals surface area contributed by atoms with Crippen molar-refractivity contribution in [2.45, 2.75) is 69.8 Å². The van der Waals surface area contributed by atoms with E-state index in [2.05, 4.69) is 6.92 Å². The van der Waals surface area contributed by atoms with Crippen molar-refractivity contribution in [1.82, 2.24) is 0 Å². The van der Waals surface area contributed by atoms with E-state index in [-0.39, 0.29) is 5.97 Å². The van der Waals surface area contributed by atoms with Gasteiger partial charge in [0, 0.05) is 0 Å². The third kappa shape index (κ3) is 9.82. The molecular weight excluding hydrogens is 264 g/mol. The van der Waals surface area contributed by atoms with Crippen LogP contribution in [0.25, 0.3) is 0 Å². The van der Waals surface area contributed by atoms with Crippen LogP contribution in [0, 0.1) is 0 Å². The zero-order valence-electron chi connectivity index (χ0n) is 12.2. The summed E-state index contributed by atoms with van der Waals surface area (Å²) >= 11 is 1.12. The first-order valence-electron chi connectivity index (χ1n) is 7.04. The number of hydrogen-bond acceptors (Lipinski definition) is 4. The summed E-state index contributed by atoms with van der Waals surface area (Å²) in [6, 6.07) is 0. The molecule has 4 nitrogen and oxygen atoms in total. The van der Waals surface area contributed by atoms with E-state index in [1.54, 1.807) is 13.8 Å². The highest BCUT2D eigenvalue weighted by Crippen LogP contribution is 2.18. The molecule has 0 spiro atoms. The molecule has 0 aliphatic heterocycles. The Kier molecular flexibility index (Phi) is 10.7. The molecule has 0 amide bonds. The van der Waals surface area contributed by atoms with Crippen LogP contribution in [0.15, 0.2) is 0 Å². The molecule has 0 rings (SSSR count). The second-order valence-electron chi connectivity index (χ2n) is 4.69. The minimum Gasteiger partial charge on any atom is -0.480 e. The minimum atomic E-state index is -0.902. The van der Waals surface area contributed by atoms with Crippen LogP contribution in [0.1, 0.15) is 59.3 Å². The molecule has 0 aromatic carbocycles. The fourth-order valence-corrected chi connectivity index (χ4v) is 2.50. The Morgan fingerprint density at radius 3 is 2.21 bits per heavy atom. The Morgan fingerprint density at radius 2 is 1.63 bits per heavy atom. The summed E-state index contributed by atoms with van der Waals surface area (Å²) in [4.78, 5) is 22.3. The lowest BCUT2D eigenvalue weighted by molar-refractivity contribution is -0.142. The van der Waals surface area contributed by atoms with Crippen molar-refractivity contribution in [3.63, 3.8) is 0 Å². The van der Waals surface area contributed by atoms with Crippen LogP contribution in [-0.4, -0.2) is 34.2 Å². The van der Waals surface area contributed by atoms with E-state index < -0.39 is 16.5 Å². The standard InChI is InChI=1S/C14H26O4S/c1-4-5-6-7-8-9-10-18-14(17)12(3)19-11(2)13(15)16/h11-12H,4-10H2,1-3H3,(H,15,16). The summed E-state index contributed by atoms with van der Waals surface area (Å²) in [5.41, 5.74) is 0. The van der Waals surface area contributed by atoms with E-state index in [0.717, 1.165) is 24.6 Å². The summed E-state index contributed by atoms with van der Waals surface area (Å²) in [5, 5.41) is 7.75. The second kappa shape index (κ2) is 11.1. The number of carboxylic acid groups (broad SMARTS) is 1. The van der Waals surface area contributed by atoms with Crippen molar-refractivity contribution in [2.24, 2.45) is 0 Å². The van der Waals surface area contributed by atoms with Gasteiger partial charge in [-0.25, -0.2) is 0 Å². The van der Waals surface area contributed by atoms with Crippen molar-refractivity contribution in [2.75, 3.05) is 6.61 Å². The highest BCUT2D eigenvalue weighted by Gasteiger charge is 2.21. The van der Waals surface area contributed by atoms with Crippen molar-refractivity contribution in [3.05, 3.63) is 0 Å². The molecular formula is C14H26O4S. The molecule has 0 heterocycles. The quantitative estimate of drug-likeness (QED) is 0.466. The van der Waals surface area contributed by atoms with Gasteiger partial charge in [0.15, 0.2) is 0 Å². The maximum Gasteiger partial charge on any atom is 0.318 e. The molecule has 112 valence electrons. The summed E-state index contributed by atoms with van der Waals surface area (Å²) in [5.74, 6) is -1.22. The summed E-state index contributed by atoms with van der Waals surface area (Å²) in [7, 11) is 0. The van der Waals surface area contributed by atoms with Crippen LogP contribution in [-0.2, 0) is 14.3 Å². The fraction of sp³-hybridized carbons (Fsp3) is 0.857. The van der Waals surface area contributed by atoms with Gasteiger partial charge in [-0.15, -0.1) is 11.8 Å². The van der Waals surface area contributed by atoms with Gasteiger partial charge in [-0.3, -0.25) is 9.59 Å². The highest BCUT2D eigenvalue weighted by atomic mass is 32.2. The third-order valence-electron chi connectivity index (χ3n) is 2.83. The van der Waals surface area contributed by atoms with Crippen LogP contribution < -0.4 is 0 Å². The van der Waals surface area contributed by atoms with Gasteiger partial charge in [-0.05, 0) is 20.3 Å². The van der Waals surface area contributed by atoms with E-state index in [0.29, 0.717) is 6.61 Å². The Morgan fingerprint density at radius 1 is 1.05 bits per heavy atom. The number of thioether (sulfide) groups is 1. The van der Waals surface area contributed by atoms with E-state index in [9.17, 15) is 9.59 Å².